The first-order chi connectivity index (χ1) is 13.7. The highest BCUT2D eigenvalue weighted by molar-refractivity contribution is 6.17. The number of nitrogens with one attached hydrogen (secondary N) is 1. The molecule has 146 valence electrons. The van der Waals surface area contributed by atoms with Crippen LogP contribution in [-0.4, -0.2) is 35.8 Å². The van der Waals surface area contributed by atoms with Crippen LogP contribution in [0.15, 0.2) is 48.5 Å². The van der Waals surface area contributed by atoms with Gasteiger partial charge in [-0.2, -0.15) is 0 Å². The quantitative estimate of drug-likeness (QED) is 0.849. The first-order valence-electron chi connectivity index (χ1n) is 10.3. The fourth-order valence-corrected chi connectivity index (χ4v) is 4.39. The van der Waals surface area contributed by atoms with Crippen LogP contribution in [-0.2, 0) is 4.79 Å². The summed E-state index contributed by atoms with van der Waals surface area (Å²) in [6.07, 6.45) is 5.27. The number of carbonyl (C=O) groups is 2. The molecule has 5 nitrogen and oxygen atoms in total. The first-order valence-corrected chi connectivity index (χ1v) is 10.3. The van der Waals surface area contributed by atoms with Gasteiger partial charge in [0.15, 0.2) is 0 Å². The van der Waals surface area contributed by atoms with Gasteiger partial charge in [0.2, 0.25) is 5.91 Å². The van der Waals surface area contributed by atoms with E-state index in [0.29, 0.717) is 29.4 Å². The van der Waals surface area contributed by atoms with Crippen LogP contribution >= 0.6 is 0 Å². The summed E-state index contributed by atoms with van der Waals surface area (Å²) in [5, 5.41) is 2.94. The Bertz CT molecular complexity index is 880. The van der Waals surface area contributed by atoms with E-state index >= 15 is 0 Å². The summed E-state index contributed by atoms with van der Waals surface area (Å²) in [5.41, 5.74) is 2.58. The molecule has 0 radical (unpaired) electrons. The summed E-state index contributed by atoms with van der Waals surface area (Å²) >= 11 is 0. The van der Waals surface area contributed by atoms with Crippen LogP contribution in [0.5, 0.6) is 0 Å². The molecule has 0 saturated carbocycles. The summed E-state index contributed by atoms with van der Waals surface area (Å²) in [7, 11) is 0. The molecule has 1 fully saturated rings. The van der Waals surface area contributed by atoms with Gasteiger partial charge in [-0.3, -0.25) is 19.4 Å². The molecule has 0 aliphatic carbocycles. The Hall–Kier alpha value is -2.66. The second-order valence-electron chi connectivity index (χ2n) is 7.56. The summed E-state index contributed by atoms with van der Waals surface area (Å²) in [5.74, 6) is -0.155. The predicted octanol–water partition coefficient (Wildman–Crippen LogP) is 4.57. The Kier molecular flexibility index (Phi) is 5.44. The zero-order valence-corrected chi connectivity index (χ0v) is 16.4. The zero-order valence-electron chi connectivity index (χ0n) is 16.4. The Morgan fingerprint density at radius 1 is 1.07 bits per heavy atom. The number of para-hydroxylation sites is 3. The molecule has 1 unspecified atom stereocenters. The van der Waals surface area contributed by atoms with Crippen molar-refractivity contribution in [2.75, 3.05) is 23.3 Å². The van der Waals surface area contributed by atoms with Gasteiger partial charge in [0, 0.05) is 19.0 Å². The number of benzene rings is 2. The van der Waals surface area contributed by atoms with Gasteiger partial charge in [-0.1, -0.05) is 37.6 Å². The van der Waals surface area contributed by atoms with Crippen LogP contribution in [0.1, 0.15) is 49.4 Å². The van der Waals surface area contributed by atoms with Crippen molar-refractivity contribution < 1.29 is 9.59 Å². The fraction of sp³-hybridized carbons (Fsp3) is 0.391. The molecule has 5 heteroatoms. The van der Waals surface area contributed by atoms with Crippen molar-refractivity contribution in [3.63, 3.8) is 0 Å². The van der Waals surface area contributed by atoms with Crippen molar-refractivity contribution >= 4 is 28.9 Å². The minimum atomic E-state index is -0.180. The molecule has 2 aliphatic heterocycles. The summed E-state index contributed by atoms with van der Waals surface area (Å²) in [6.45, 7) is 4.06. The van der Waals surface area contributed by atoms with Gasteiger partial charge in [-0.25, -0.2) is 0 Å². The molecule has 2 amide bonds. The third-order valence-electron chi connectivity index (χ3n) is 5.87. The molecule has 4 rings (SSSR count). The van der Waals surface area contributed by atoms with Crippen LogP contribution in [0.25, 0.3) is 0 Å². The average molecular weight is 377 g/mol. The number of hydrogen-bond acceptors (Lipinski definition) is 3. The fourth-order valence-electron chi connectivity index (χ4n) is 4.39. The molecule has 1 saturated heterocycles. The lowest BCUT2D eigenvalue weighted by molar-refractivity contribution is -0.118. The van der Waals surface area contributed by atoms with Gasteiger partial charge >= 0.3 is 0 Å². The standard InChI is InChI=1S/C23H27N3O2/c1-2-17-9-7-8-15-25(17)16-14-22(27)26-20-12-5-3-10-18(20)23(28)24-19-11-4-6-13-21(19)26/h3-6,10-13,17H,2,7-9,14-16H2,1H3,(H,24,28). The maximum Gasteiger partial charge on any atom is 0.257 e. The topological polar surface area (TPSA) is 52.7 Å². The molecule has 1 N–H and O–H groups in total. The normalized spacial score (nSPS) is 19.4. The molecule has 0 spiro atoms. The van der Waals surface area contributed by atoms with E-state index in [1.54, 1.807) is 11.0 Å². The minimum Gasteiger partial charge on any atom is -0.320 e. The van der Waals surface area contributed by atoms with Crippen LogP contribution in [0, 0.1) is 0 Å². The molecule has 2 aromatic carbocycles. The van der Waals surface area contributed by atoms with Gasteiger partial charge < -0.3 is 5.32 Å². The van der Waals surface area contributed by atoms with Gasteiger partial charge in [-0.15, -0.1) is 0 Å². The molecule has 1 atom stereocenters. The van der Waals surface area contributed by atoms with E-state index in [4.69, 9.17) is 0 Å². The highest BCUT2D eigenvalue weighted by Crippen LogP contribution is 2.38. The van der Waals surface area contributed by atoms with E-state index in [0.717, 1.165) is 25.2 Å². The second-order valence-corrected chi connectivity index (χ2v) is 7.56. The van der Waals surface area contributed by atoms with Gasteiger partial charge in [0.05, 0.1) is 22.6 Å². The Morgan fingerprint density at radius 2 is 1.82 bits per heavy atom. The van der Waals surface area contributed by atoms with Crippen molar-refractivity contribution in [1.29, 1.82) is 0 Å². The van der Waals surface area contributed by atoms with E-state index in [9.17, 15) is 9.59 Å². The van der Waals surface area contributed by atoms with Crippen LogP contribution in [0.3, 0.4) is 0 Å². The number of fused-ring (bicyclic) bond motifs is 2. The highest BCUT2D eigenvalue weighted by atomic mass is 16.2. The summed E-state index contributed by atoms with van der Waals surface area (Å²) < 4.78 is 0. The molecule has 28 heavy (non-hydrogen) atoms. The Morgan fingerprint density at radius 3 is 2.64 bits per heavy atom. The first kappa shape index (κ1) is 18.7. The largest absolute Gasteiger partial charge is 0.320 e. The van der Waals surface area contributed by atoms with E-state index < -0.39 is 0 Å². The molecule has 2 heterocycles. The van der Waals surface area contributed by atoms with Crippen molar-refractivity contribution in [3.8, 4) is 0 Å². The number of hydrogen-bond donors (Lipinski definition) is 1. The van der Waals surface area contributed by atoms with Crippen LogP contribution in [0.2, 0.25) is 0 Å². The summed E-state index contributed by atoms with van der Waals surface area (Å²) in [4.78, 5) is 30.2. The average Bonchev–Trinajstić information content (AvgIpc) is 2.86. The summed E-state index contributed by atoms with van der Waals surface area (Å²) in [6, 6.07) is 15.4. The number of nitrogens with zero attached hydrogens (tertiary/aromatic N) is 2. The second kappa shape index (κ2) is 8.15. The molecule has 0 aromatic heterocycles. The number of anilines is 3. The lowest BCUT2D eigenvalue weighted by atomic mass is 10.00. The van der Waals surface area contributed by atoms with Crippen molar-refractivity contribution in [1.82, 2.24) is 4.90 Å². The predicted molar refractivity (Wildman–Crippen MR) is 112 cm³/mol. The lowest BCUT2D eigenvalue weighted by Gasteiger charge is -2.35. The number of amides is 2. The van der Waals surface area contributed by atoms with Crippen LogP contribution < -0.4 is 10.2 Å². The van der Waals surface area contributed by atoms with Gasteiger partial charge in [0.1, 0.15) is 0 Å². The highest BCUT2D eigenvalue weighted by Gasteiger charge is 2.29. The molecule has 2 aliphatic rings. The minimum absolute atomic E-state index is 0.0248. The smallest absolute Gasteiger partial charge is 0.257 e. The molecular formula is C23H27N3O2. The third-order valence-corrected chi connectivity index (χ3v) is 5.87. The van der Waals surface area contributed by atoms with E-state index in [1.807, 2.05) is 42.5 Å². The van der Waals surface area contributed by atoms with Crippen molar-refractivity contribution in [3.05, 3.63) is 54.1 Å². The third kappa shape index (κ3) is 3.54. The maximum absolute atomic E-state index is 13.4. The van der Waals surface area contributed by atoms with Crippen LogP contribution in [0.4, 0.5) is 17.1 Å². The van der Waals surface area contributed by atoms with Gasteiger partial charge in [-0.05, 0) is 50.1 Å². The number of carbonyl (C=O) groups excluding carboxylic acids is 2. The molecule has 0 bridgehead atoms. The SMILES string of the molecule is CCC1CCCCN1CCC(=O)N1c2ccccc2NC(=O)c2ccccc21. The van der Waals surface area contributed by atoms with E-state index in [1.165, 1.54) is 19.3 Å². The zero-order chi connectivity index (χ0) is 19.5. The van der Waals surface area contributed by atoms with Gasteiger partial charge in [0.25, 0.3) is 5.91 Å². The maximum atomic E-state index is 13.4. The monoisotopic (exact) mass is 377 g/mol. The Labute approximate surface area is 166 Å². The lowest BCUT2D eigenvalue weighted by Crippen LogP contribution is -2.41. The Balaban J connectivity index is 1.63. The van der Waals surface area contributed by atoms with E-state index in [-0.39, 0.29) is 11.8 Å². The molecule has 2 aromatic rings. The van der Waals surface area contributed by atoms with Crippen molar-refractivity contribution in [2.45, 2.75) is 45.1 Å². The van der Waals surface area contributed by atoms with Crippen molar-refractivity contribution in [2.24, 2.45) is 0 Å². The van der Waals surface area contributed by atoms with E-state index in [2.05, 4.69) is 17.1 Å². The molecular weight excluding hydrogens is 350 g/mol. The number of piperidine rings is 1. The number of rotatable bonds is 4. The number of likely N-dealkylation sites (tertiary alicyclic amines) is 1.